The first kappa shape index (κ1) is 20.9. The fraction of sp³-hybridized carbons (Fsp3) is 0.409. The summed E-state index contributed by atoms with van der Waals surface area (Å²) in [5, 5.41) is 11.2. The Kier molecular flexibility index (Phi) is 5.58. The number of nitrogens with one attached hydrogen (secondary N) is 3. The van der Waals surface area contributed by atoms with Crippen molar-refractivity contribution < 1.29 is 4.42 Å². The van der Waals surface area contributed by atoms with Crippen LogP contribution >= 0.6 is 11.3 Å². The second-order valence-corrected chi connectivity index (χ2v) is 9.70. The molecule has 1 saturated heterocycles. The van der Waals surface area contributed by atoms with Crippen LogP contribution in [0.2, 0.25) is 0 Å². The first-order valence-electron chi connectivity index (χ1n) is 10.8. The molecule has 9 nitrogen and oxygen atoms in total. The second kappa shape index (κ2) is 8.53. The van der Waals surface area contributed by atoms with Crippen LogP contribution in [0, 0.1) is 6.92 Å². The average molecular weight is 453 g/mol. The number of nitrogens with zero attached hydrogens (tertiary/aromatic N) is 4. The predicted molar refractivity (Wildman–Crippen MR) is 129 cm³/mol. The van der Waals surface area contributed by atoms with Crippen LogP contribution in [-0.2, 0) is 6.42 Å². The molecule has 1 atom stereocenters. The molecule has 3 aromatic rings. The highest BCUT2D eigenvalue weighted by atomic mass is 32.1. The van der Waals surface area contributed by atoms with Gasteiger partial charge in [-0.3, -0.25) is 5.73 Å². The Bertz CT molecular complexity index is 1150. The number of nitrogens with two attached hydrogens (primary N) is 1. The smallest absolute Gasteiger partial charge is 0.229 e. The van der Waals surface area contributed by atoms with Gasteiger partial charge in [0.1, 0.15) is 5.76 Å². The number of fused-ring (bicyclic) bond motifs is 1. The van der Waals surface area contributed by atoms with E-state index in [9.17, 15) is 0 Å². The summed E-state index contributed by atoms with van der Waals surface area (Å²) in [4.78, 5) is 16.3. The van der Waals surface area contributed by atoms with Crippen molar-refractivity contribution in [3.8, 4) is 0 Å². The van der Waals surface area contributed by atoms with Crippen molar-refractivity contribution in [2.75, 3.05) is 25.5 Å². The molecular formula is C22H28N8OS. The number of benzene rings is 1. The molecule has 1 unspecified atom stereocenters. The zero-order chi connectivity index (χ0) is 22.1. The maximum Gasteiger partial charge on any atom is 0.229 e. The van der Waals surface area contributed by atoms with Gasteiger partial charge in [0, 0.05) is 11.7 Å². The number of rotatable bonds is 4. The molecule has 0 radical (unpaired) electrons. The fourth-order valence-electron chi connectivity index (χ4n) is 4.06. The second-order valence-electron chi connectivity index (χ2n) is 8.46. The Morgan fingerprint density at radius 2 is 2.16 bits per heavy atom. The van der Waals surface area contributed by atoms with Gasteiger partial charge in [-0.1, -0.05) is 0 Å². The summed E-state index contributed by atoms with van der Waals surface area (Å²) in [5.41, 5.74) is 8.55. The fourth-order valence-corrected chi connectivity index (χ4v) is 4.93. The van der Waals surface area contributed by atoms with Crippen LogP contribution in [0.3, 0.4) is 0 Å². The van der Waals surface area contributed by atoms with E-state index >= 15 is 0 Å². The van der Waals surface area contributed by atoms with E-state index in [0.29, 0.717) is 24.4 Å². The van der Waals surface area contributed by atoms with Gasteiger partial charge in [-0.05, 0) is 70.2 Å². The molecule has 4 heterocycles. The third-order valence-corrected chi connectivity index (χ3v) is 6.63. The molecule has 2 aliphatic heterocycles. The van der Waals surface area contributed by atoms with Gasteiger partial charge in [0.15, 0.2) is 5.79 Å². The summed E-state index contributed by atoms with van der Waals surface area (Å²) in [6, 6.07) is 10.1. The number of aromatic nitrogens is 1. The molecular weight excluding hydrogens is 424 g/mol. The number of thiazole rings is 1. The molecule has 0 spiro atoms. The summed E-state index contributed by atoms with van der Waals surface area (Å²) < 4.78 is 6.64. The lowest BCUT2D eigenvalue weighted by Gasteiger charge is -2.35. The molecule has 2 aromatic heterocycles. The average Bonchev–Trinajstić information content (AvgIpc) is 3.37. The number of guanidine groups is 2. The molecule has 32 heavy (non-hydrogen) atoms. The number of likely N-dealkylation sites (tertiary alicyclic amines) is 1. The third kappa shape index (κ3) is 4.77. The monoisotopic (exact) mass is 452 g/mol. The van der Waals surface area contributed by atoms with Crippen molar-refractivity contribution in [3.63, 3.8) is 0 Å². The van der Waals surface area contributed by atoms with Crippen LogP contribution in [0.25, 0.3) is 10.2 Å². The molecule has 10 heteroatoms. The maximum absolute atomic E-state index is 6.67. The van der Waals surface area contributed by atoms with Gasteiger partial charge < -0.3 is 25.3 Å². The quantitative estimate of drug-likeness (QED) is 0.480. The summed E-state index contributed by atoms with van der Waals surface area (Å²) in [7, 11) is 2.15. The van der Waals surface area contributed by atoms with Crippen LogP contribution < -0.4 is 21.7 Å². The van der Waals surface area contributed by atoms with E-state index in [-0.39, 0.29) is 0 Å². The third-order valence-electron chi connectivity index (χ3n) is 5.69. The number of piperidine rings is 1. The highest BCUT2D eigenvalue weighted by Crippen LogP contribution is 2.25. The van der Waals surface area contributed by atoms with E-state index in [4.69, 9.17) is 15.1 Å². The lowest BCUT2D eigenvalue weighted by atomic mass is 10.1. The summed E-state index contributed by atoms with van der Waals surface area (Å²) in [6.45, 7) is 4.12. The van der Waals surface area contributed by atoms with Crippen LogP contribution in [0.4, 0.5) is 5.69 Å². The van der Waals surface area contributed by atoms with Gasteiger partial charge in [0.25, 0.3) is 0 Å². The van der Waals surface area contributed by atoms with E-state index in [1.807, 2.05) is 31.2 Å². The molecule has 5 rings (SSSR count). The van der Waals surface area contributed by atoms with E-state index in [0.717, 1.165) is 52.6 Å². The van der Waals surface area contributed by atoms with Crippen molar-refractivity contribution in [2.24, 2.45) is 15.7 Å². The van der Waals surface area contributed by atoms with Gasteiger partial charge in [-0.2, -0.15) is 4.99 Å². The minimum Gasteiger partial charge on any atom is -0.469 e. The van der Waals surface area contributed by atoms with Gasteiger partial charge >= 0.3 is 0 Å². The Balaban J connectivity index is 1.39. The van der Waals surface area contributed by atoms with Gasteiger partial charge in [-0.25, -0.2) is 9.98 Å². The van der Waals surface area contributed by atoms with Crippen molar-refractivity contribution >= 4 is 39.2 Å². The van der Waals surface area contributed by atoms with Gasteiger partial charge in [0.2, 0.25) is 11.9 Å². The minimum absolute atomic E-state index is 0.334. The molecule has 5 N–H and O–H groups in total. The lowest BCUT2D eigenvalue weighted by molar-refractivity contribution is 0.244. The molecule has 1 aromatic carbocycles. The zero-order valence-corrected chi connectivity index (χ0v) is 19.1. The van der Waals surface area contributed by atoms with Crippen LogP contribution in [-0.4, -0.2) is 53.8 Å². The summed E-state index contributed by atoms with van der Waals surface area (Å²) in [5.74, 6) is 0.751. The summed E-state index contributed by atoms with van der Waals surface area (Å²) >= 11 is 1.66. The van der Waals surface area contributed by atoms with Crippen LogP contribution in [0.5, 0.6) is 0 Å². The summed E-state index contributed by atoms with van der Waals surface area (Å²) in [6.07, 6.45) is 4.14. The number of furan rings is 1. The highest BCUT2D eigenvalue weighted by Gasteiger charge is 2.32. The number of hydrogen-bond donors (Lipinski definition) is 4. The Morgan fingerprint density at radius 1 is 1.31 bits per heavy atom. The van der Waals surface area contributed by atoms with E-state index in [1.165, 1.54) is 0 Å². The molecule has 1 fully saturated rings. The van der Waals surface area contributed by atoms with Crippen molar-refractivity contribution in [2.45, 2.75) is 38.0 Å². The molecule has 0 amide bonds. The van der Waals surface area contributed by atoms with Gasteiger partial charge in [-0.15, -0.1) is 11.3 Å². The molecule has 168 valence electrons. The topological polar surface area (TPSA) is 116 Å². The van der Waals surface area contributed by atoms with E-state index in [2.05, 4.69) is 43.9 Å². The van der Waals surface area contributed by atoms with E-state index in [1.54, 1.807) is 17.6 Å². The Morgan fingerprint density at radius 3 is 2.94 bits per heavy atom. The molecule has 0 saturated carbocycles. The molecule has 2 aliphatic rings. The molecule has 0 aliphatic carbocycles. The maximum atomic E-state index is 6.67. The van der Waals surface area contributed by atoms with E-state index < -0.39 is 5.79 Å². The van der Waals surface area contributed by atoms with Gasteiger partial charge in [0.05, 0.1) is 27.9 Å². The Hall–Kier alpha value is -2.95. The van der Waals surface area contributed by atoms with Crippen LogP contribution in [0.15, 0.2) is 51.0 Å². The first-order chi connectivity index (χ1) is 15.4. The van der Waals surface area contributed by atoms with Crippen molar-refractivity contribution in [1.29, 1.82) is 0 Å². The SMILES string of the molecule is Cc1nc2ccc(NC3=NC(N)(Cc4ccco4)NC(NC4CCN(C)CC4)=N3)cc2s1. The van der Waals surface area contributed by atoms with Crippen molar-refractivity contribution in [1.82, 2.24) is 20.5 Å². The normalized spacial score (nSPS) is 22.3. The largest absolute Gasteiger partial charge is 0.469 e. The highest BCUT2D eigenvalue weighted by molar-refractivity contribution is 7.18. The van der Waals surface area contributed by atoms with Crippen LogP contribution in [0.1, 0.15) is 23.6 Å². The number of aryl methyl sites for hydroxylation is 1. The minimum atomic E-state index is -1.08. The number of hydrogen-bond acceptors (Lipinski definition) is 10. The Labute approximate surface area is 190 Å². The predicted octanol–water partition coefficient (Wildman–Crippen LogP) is 2.46. The number of aliphatic imine (C=N–C) groups is 2. The molecule has 0 bridgehead atoms. The zero-order valence-electron chi connectivity index (χ0n) is 18.3. The standard InChI is InChI=1S/C22H28N8OS/c1-14-24-18-6-5-16(12-19(18)32-14)26-21-27-20(25-15-7-9-30(2)10-8-15)28-22(23,29-21)13-17-4-3-11-31-17/h3-6,11-12,15H,7-10,13,23H2,1-2H3,(H3,25,26,27,28,29). The first-order valence-corrected chi connectivity index (χ1v) is 11.6. The van der Waals surface area contributed by atoms with Crippen molar-refractivity contribution in [3.05, 3.63) is 47.4 Å². The lowest BCUT2D eigenvalue weighted by Crippen LogP contribution is -2.63. The number of anilines is 1.